The molecule has 5 heteroatoms. The number of rotatable bonds is 2. The Kier molecular flexibility index (Phi) is 4.04. The van der Waals surface area contributed by atoms with Crippen LogP contribution in [-0.4, -0.2) is 29.9 Å². The van der Waals surface area contributed by atoms with Gasteiger partial charge in [-0.3, -0.25) is 19.9 Å². The molecule has 0 radical (unpaired) electrons. The number of aryl methyl sites for hydroxylation is 1. The summed E-state index contributed by atoms with van der Waals surface area (Å²) in [5.41, 5.74) is 1.32. The molecule has 2 N–H and O–H groups in total. The molecule has 1 aliphatic rings. The molecule has 0 aromatic carbocycles. The highest BCUT2D eigenvalue weighted by molar-refractivity contribution is 6.05. The number of carbonyl (C=O) groups excluding carboxylic acids is 2. The van der Waals surface area contributed by atoms with Gasteiger partial charge in [-0.15, -0.1) is 0 Å². The van der Waals surface area contributed by atoms with Gasteiger partial charge in [-0.2, -0.15) is 0 Å². The van der Waals surface area contributed by atoms with E-state index in [0.717, 1.165) is 24.9 Å². The lowest BCUT2D eigenvalue weighted by molar-refractivity contribution is -0.124. The van der Waals surface area contributed by atoms with Crippen molar-refractivity contribution in [2.45, 2.75) is 19.8 Å². The Morgan fingerprint density at radius 1 is 1.44 bits per heavy atom. The van der Waals surface area contributed by atoms with Gasteiger partial charge in [0.1, 0.15) is 0 Å². The molecule has 5 nitrogen and oxygen atoms in total. The molecule has 0 bridgehead atoms. The van der Waals surface area contributed by atoms with Crippen LogP contribution < -0.4 is 10.6 Å². The first kappa shape index (κ1) is 12.7. The van der Waals surface area contributed by atoms with Gasteiger partial charge in [-0.05, 0) is 37.9 Å². The fourth-order valence-electron chi connectivity index (χ4n) is 2.04. The summed E-state index contributed by atoms with van der Waals surface area (Å²) >= 11 is 0. The summed E-state index contributed by atoms with van der Waals surface area (Å²) in [6.45, 7) is 3.45. The van der Waals surface area contributed by atoms with Crippen molar-refractivity contribution < 1.29 is 9.59 Å². The number of nitrogens with zero attached hydrogens (tertiary/aromatic N) is 1. The Morgan fingerprint density at radius 2 is 2.28 bits per heavy atom. The maximum absolute atomic E-state index is 11.9. The Labute approximate surface area is 106 Å². The smallest absolute Gasteiger partial charge is 0.259 e. The fourth-order valence-corrected chi connectivity index (χ4v) is 2.04. The van der Waals surface area contributed by atoms with E-state index in [1.54, 1.807) is 12.3 Å². The van der Waals surface area contributed by atoms with E-state index in [4.69, 9.17) is 0 Å². The number of piperidine rings is 1. The second-order valence-electron chi connectivity index (χ2n) is 4.61. The predicted octanol–water partition coefficient (Wildman–Crippen LogP) is 0.646. The highest BCUT2D eigenvalue weighted by atomic mass is 16.2. The van der Waals surface area contributed by atoms with Gasteiger partial charge in [0.15, 0.2) is 0 Å². The molecule has 0 saturated carbocycles. The van der Waals surface area contributed by atoms with Crippen molar-refractivity contribution in [3.8, 4) is 0 Å². The monoisotopic (exact) mass is 247 g/mol. The summed E-state index contributed by atoms with van der Waals surface area (Å²) in [5.74, 6) is -0.684. The summed E-state index contributed by atoms with van der Waals surface area (Å²) in [4.78, 5) is 27.7. The second kappa shape index (κ2) is 5.73. The zero-order valence-corrected chi connectivity index (χ0v) is 10.4. The summed E-state index contributed by atoms with van der Waals surface area (Å²) in [6, 6.07) is 1.72. The summed E-state index contributed by atoms with van der Waals surface area (Å²) in [5, 5.41) is 5.59. The van der Waals surface area contributed by atoms with E-state index in [1.165, 1.54) is 6.20 Å². The van der Waals surface area contributed by atoms with Gasteiger partial charge in [-0.25, -0.2) is 0 Å². The number of aromatic nitrogens is 1. The van der Waals surface area contributed by atoms with Crippen LogP contribution in [-0.2, 0) is 4.79 Å². The van der Waals surface area contributed by atoms with Crippen LogP contribution in [0, 0.1) is 12.8 Å². The van der Waals surface area contributed by atoms with Crippen molar-refractivity contribution in [1.82, 2.24) is 15.6 Å². The van der Waals surface area contributed by atoms with Crippen molar-refractivity contribution in [3.05, 3.63) is 29.6 Å². The van der Waals surface area contributed by atoms with Gasteiger partial charge in [0, 0.05) is 18.9 Å². The highest BCUT2D eigenvalue weighted by Crippen LogP contribution is 2.10. The predicted molar refractivity (Wildman–Crippen MR) is 67.0 cm³/mol. The molecule has 0 spiro atoms. The van der Waals surface area contributed by atoms with E-state index in [-0.39, 0.29) is 17.7 Å². The second-order valence-corrected chi connectivity index (χ2v) is 4.61. The molecule has 1 atom stereocenters. The molecular formula is C13H17N3O2. The molecule has 2 rings (SSSR count). The van der Waals surface area contributed by atoms with E-state index in [0.29, 0.717) is 12.1 Å². The first-order chi connectivity index (χ1) is 8.66. The van der Waals surface area contributed by atoms with E-state index in [9.17, 15) is 9.59 Å². The topological polar surface area (TPSA) is 71.1 Å². The van der Waals surface area contributed by atoms with Gasteiger partial charge in [0.2, 0.25) is 5.91 Å². The third kappa shape index (κ3) is 3.13. The van der Waals surface area contributed by atoms with Crippen molar-refractivity contribution in [1.29, 1.82) is 0 Å². The van der Waals surface area contributed by atoms with Crippen molar-refractivity contribution in [3.63, 3.8) is 0 Å². The number of hydrogen-bond donors (Lipinski definition) is 2. The zero-order chi connectivity index (χ0) is 13.0. The quantitative estimate of drug-likeness (QED) is 0.753. The Hall–Kier alpha value is -1.75. The van der Waals surface area contributed by atoms with Crippen LogP contribution in [0.4, 0.5) is 0 Å². The first-order valence-corrected chi connectivity index (χ1v) is 6.14. The van der Waals surface area contributed by atoms with Crippen LogP contribution in [0.3, 0.4) is 0 Å². The van der Waals surface area contributed by atoms with Crippen molar-refractivity contribution in [2.24, 2.45) is 5.92 Å². The SMILES string of the molecule is Cc1cncc(C(=O)NC(=O)[C@H]2CCCNC2)c1. The molecule has 1 saturated heterocycles. The van der Waals surface area contributed by atoms with E-state index in [2.05, 4.69) is 15.6 Å². The number of imide groups is 1. The van der Waals surface area contributed by atoms with Crippen LogP contribution in [0.25, 0.3) is 0 Å². The lowest BCUT2D eigenvalue weighted by Crippen LogP contribution is -2.42. The largest absolute Gasteiger partial charge is 0.316 e. The average molecular weight is 247 g/mol. The number of amides is 2. The molecule has 1 aliphatic heterocycles. The molecule has 0 aliphatic carbocycles. The minimum Gasteiger partial charge on any atom is -0.316 e. The van der Waals surface area contributed by atoms with Crippen LogP contribution >= 0.6 is 0 Å². The standard InChI is InChI=1S/C13H17N3O2/c1-9-5-11(8-15-6-9)13(18)16-12(17)10-3-2-4-14-7-10/h5-6,8,10,14H,2-4,7H2,1H3,(H,16,17,18)/t10-/m0/s1. The molecule has 2 amide bonds. The lowest BCUT2D eigenvalue weighted by Gasteiger charge is -2.21. The normalized spacial score (nSPS) is 19.3. The molecule has 2 heterocycles. The zero-order valence-electron chi connectivity index (χ0n) is 10.4. The Balaban J connectivity index is 1.96. The molecular weight excluding hydrogens is 230 g/mol. The minimum atomic E-state index is -0.373. The van der Waals surface area contributed by atoms with Crippen molar-refractivity contribution >= 4 is 11.8 Å². The van der Waals surface area contributed by atoms with Gasteiger partial charge < -0.3 is 5.32 Å². The third-order valence-corrected chi connectivity index (χ3v) is 3.04. The minimum absolute atomic E-state index is 0.111. The summed E-state index contributed by atoms with van der Waals surface area (Å²) < 4.78 is 0. The number of hydrogen-bond acceptors (Lipinski definition) is 4. The Bertz CT molecular complexity index is 453. The molecule has 0 unspecified atom stereocenters. The maximum Gasteiger partial charge on any atom is 0.259 e. The molecule has 18 heavy (non-hydrogen) atoms. The Morgan fingerprint density at radius 3 is 2.94 bits per heavy atom. The average Bonchev–Trinajstić information content (AvgIpc) is 2.39. The molecule has 1 fully saturated rings. The molecule has 96 valence electrons. The van der Waals surface area contributed by atoms with Gasteiger partial charge >= 0.3 is 0 Å². The van der Waals surface area contributed by atoms with Gasteiger partial charge in [-0.1, -0.05) is 0 Å². The summed E-state index contributed by atoms with van der Waals surface area (Å²) in [7, 11) is 0. The van der Waals surface area contributed by atoms with E-state index in [1.807, 2.05) is 6.92 Å². The van der Waals surface area contributed by atoms with Crippen LogP contribution in [0.5, 0.6) is 0 Å². The van der Waals surface area contributed by atoms with Crippen molar-refractivity contribution in [2.75, 3.05) is 13.1 Å². The molecule has 1 aromatic heterocycles. The number of carbonyl (C=O) groups is 2. The van der Waals surface area contributed by atoms with Gasteiger partial charge in [0.25, 0.3) is 5.91 Å². The first-order valence-electron chi connectivity index (χ1n) is 6.14. The van der Waals surface area contributed by atoms with E-state index < -0.39 is 0 Å². The van der Waals surface area contributed by atoms with Gasteiger partial charge in [0.05, 0.1) is 11.5 Å². The third-order valence-electron chi connectivity index (χ3n) is 3.04. The maximum atomic E-state index is 11.9. The van der Waals surface area contributed by atoms with Crippen LogP contribution in [0.15, 0.2) is 18.5 Å². The number of nitrogens with one attached hydrogen (secondary N) is 2. The number of pyridine rings is 1. The highest BCUT2D eigenvalue weighted by Gasteiger charge is 2.22. The lowest BCUT2D eigenvalue weighted by atomic mass is 9.99. The van der Waals surface area contributed by atoms with Crippen LogP contribution in [0.1, 0.15) is 28.8 Å². The fraction of sp³-hybridized carbons (Fsp3) is 0.462. The summed E-state index contributed by atoms with van der Waals surface area (Å²) in [6.07, 6.45) is 4.94. The molecule has 1 aromatic rings. The van der Waals surface area contributed by atoms with Crippen LogP contribution in [0.2, 0.25) is 0 Å². The van der Waals surface area contributed by atoms with E-state index >= 15 is 0 Å².